The van der Waals surface area contributed by atoms with Gasteiger partial charge in [0.2, 0.25) is 0 Å². The van der Waals surface area contributed by atoms with E-state index in [1.165, 1.54) is 5.56 Å². The molecule has 0 aromatic heterocycles. The monoisotopic (exact) mass is 451 g/mol. The van der Waals surface area contributed by atoms with Crippen molar-refractivity contribution in [2.45, 2.75) is 6.54 Å². The molecule has 0 aliphatic carbocycles. The summed E-state index contributed by atoms with van der Waals surface area (Å²) in [7, 11) is 0. The number of hydrogen-bond acceptors (Lipinski definition) is 1. The summed E-state index contributed by atoms with van der Waals surface area (Å²) in [5, 5.41) is 4.10. The lowest BCUT2D eigenvalue weighted by Gasteiger charge is -2.09. The molecule has 1 nitrogen and oxygen atoms in total. The van der Waals surface area contributed by atoms with Gasteiger partial charge in [-0.2, -0.15) is 0 Å². The number of nitrogens with one attached hydrogen (secondary N) is 1. The molecule has 94 valence electrons. The Morgan fingerprint density at radius 1 is 0.944 bits per heavy atom. The Morgan fingerprint density at radius 3 is 2.39 bits per heavy atom. The van der Waals surface area contributed by atoms with Gasteiger partial charge in [-0.25, -0.2) is 0 Å². The van der Waals surface area contributed by atoms with Crippen LogP contribution in [0.3, 0.4) is 0 Å². The van der Waals surface area contributed by atoms with Crippen molar-refractivity contribution in [2.75, 3.05) is 5.32 Å². The fourth-order valence-electron chi connectivity index (χ4n) is 1.48. The van der Waals surface area contributed by atoms with Crippen LogP contribution < -0.4 is 5.32 Å². The van der Waals surface area contributed by atoms with Crippen molar-refractivity contribution in [3.63, 3.8) is 0 Å². The first-order chi connectivity index (χ1) is 8.56. The van der Waals surface area contributed by atoms with Gasteiger partial charge in [-0.05, 0) is 67.8 Å². The summed E-state index contributed by atoms with van der Waals surface area (Å²) in [4.78, 5) is 0. The SMILES string of the molecule is Clc1ccc(CNc2ccc(Br)cc2Br)cc1Br. The zero-order valence-corrected chi connectivity index (χ0v) is 14.7. The molecule has 18 heavy (non-hydrogen) atoms. The molecule has 0 saturated carbocycles. The highest BCUT2D eigenvalue weighted by Crippen LogP contribution is 2.27. The molecular formula is C13H9Br3ClN. The van der Waals surface area contributed by atoms with Crippen LogP contribution in [0.4, 0.5) is 5.69 Å². The van der Waals surface area contributed by atoms with E-state index in [4.69, 9.17) is 11.6 Å². The molecule has 0 radical (unpaired) electrons. The molecule has 0 saturated heterocycles. The zero-order valence-electron chi connectivity index (χ0n) is 9.18. The lowest BCUT2D eigenvalue weighted by atomic mass is 10.2. The predicted octanol–water partition coefficient (Wildman–Crippen LogP) is 6.24. The highest BCUT2D eigenvalue weighted by atomic mass is 79.9. The second-order valence-corrected chi connectivity index (χ2v) is 6.76. The molecule has 0 aliphatic heterocycles. The Balaban J connectivity index is 2.09. The van der Waals surface area contributed by atoms with Gasteiger partial charge in [0.1, 0.15) is 0 Å². The van der Waals surface area contributed by atoms with Gasteiger partial charge in [0.05, 0.1) is 5.02 Å². The number of benzene rings is 2. The van der Waals surface area contributed by atoms with E-state index in [0.29, 0.717) is 0 Å². The van der Waals surface area contributed by atoms with E-state index in [1.54, 1.807) is 0 Å². The van der Waals surface area contributed by atoms with Crippen LogP contribution in [0.5, 0.6) is 0 Å². The molecular weight excluding hydrogens is 445 g/mol. The quantitative estimate of drug-likeness (QED) is 0.579. The summed E-state index contributed by atoms with van der Waals surface area (Å²) in [6, 6.07) is 12.0. The minimum atomic E-state index is 0.726. The van der Waals surface area contributed by atoms with Gasteiger partial charge in [-0.1, -0.05) is 33.6 Å². The van der Waals surface area contributed by atoms with E-state index in [-0.39, 0.29) is 0 Å². The van der Waals surface area contributed by atoms with Gasteiger partial charge in [0.15, 0.2) is 0 Å². The molecule has 0 bridgehead atoms. The third-order valence-corrected chi connectivity index (χ3v) is 4.76. The van der Waals surface area contributed by atoms with Crippen LogP contribution in [0.25, 0.3) is 0 Å². The first-order valence-corrected chi connectivity index (χ1v) is 7.95. The van der Waals surface area contributed by atoms with Gasteiger partial charge < -0.3 is 5.32 Å². The molecule has 0 atom stereocenters. The summed E-state index contributed by atoms with van der Waals surface area (Å²) in [6.45, 7) is 0.746. The number of hydrogen-bond donors (Lipinski definition) is 1. The molecule has 2 aromatic rings. The van der Waals surface area contributed by atoms with Crippen LogP contribution in [0.2, 0.25) is 5.02 Å². The van der Waals surface area contributed by atoms with Crippen molar-refractivity contribution in [1.82, 2.24) is 0 Å². The van der Waals surface area contributed by atoms with Crippen LogP contribution in [-0.2, 0) is 6.54 Å². The number of rotatable bonds is 3. The van der Waals surface area contributed by atoms with Crippen molar-refractivity contribution in [2.24, 2.45) is 0 Å². The van der Waals surface area contributed by atoms with Gasteiger partial charge in [-0.3, -0.25) is 0 Å². The van der Waals surface area contributed by atoms with E-state index in [2.05, 4.69) is 53.1 Å². The van der Waals surface area contributed by atoms with E-state index < -0.39 is 0 Å². The Labute approximate surface area is 136 Å². The molecule has 0 aliphatic rings. The second kappa shape index (κ2) is 6.42. The molecule has 1 N–H and O–H groups in total. The largest absolute Gasteiger partial charge is 0.380 e. The minimum absolute atomic E-state index is 0.726. The minimum Gasteiger partial charge on any atom is -0.380 e. The summed E-state index contributed by atoms with van der Waals surface area (Å²) in [5.74, 6) is 0. The summed E-state index contributed by atoms with van der Waals surface area (Å²) in [5.41, 5.74) is 2.23. The summed E-state index contributed by atoms with van der Waals surface area (Å²) < 4.78 is 3.00. The molecule has 0 heterocycles. The molecule has 0 amide bonds. The lowest BCUT2D eigenvalue weighted by Crippen LogP contribution is -2.00. The number of halogens is 4. The maximum absolute atomic E-state index is 5.96. The zero-order chi connectivity index (χ0) is 13.1. The fraction of sp³-hybridized carbons (Fsp3) is 0.0769. The third kappa shape index (κ3) is 3.73. The summed E-state index contributed by atoms with van der Waals surface area (Å²) >= 11 is 16.3. The number of anilines is 1. The van der Waals surface area contributed by atoms with E-state index in [0.717, 1.165) is 30.7 Å². The van der Waals surface area contributed by atoms with Gasteiger partial charge in [0, 0.05) is 25.7 Å². The molecule has 0 unspecified atom stereocenters. The Kier molecular flexibility index (Phi) is 5.13. The molecule has 0 fully saturated rings. The average Bonchev–Trinajstić information content (AvgIpc) is 2.32. The Bertz CT molecular complexity index is 572. The predicted molar refractivity (Wildman–Crippen MR) is 88.3 cm³/mol. The van der Waals surface area contributed by atoms with Crippen LogP contribution in [0.1, 0.15) is 5.56 Å². The molecule has 2 rings (SSSR count). The standard InChI is InChI=1S/C13H9Br3ClN/c14-9-2-4-13(11(16)6-9)18-7-8-1-3-12(17)10(15)5-8/h1-6,18H,7H2. The third-order valence-electron chi connectivity index (χ3n) is 2.40. The van der Waals surface area contributed by atoms with E-state index >= 15 is 0 Å². The maximum Gasteiger partial charge on any atom is 0.0548 e. The average molecular weight is 454 g/mol. The maximum atomic E-state index is 5.96. The highest BCUT2D eigenvalue weighted by Gasteiger charge is 2.02. The second-order valence-electron chi connectivity index (χ2n) is 3.73. The van der Waals surface area contributed by atoms with Crippen LogP contribution >= 0.6 is 59.4 Å². The summed E-state index contributed by atoms with van der Waals surface area (Å²) in [6.07, 6.45) is 0. The van der Waals surface area contributed by atoms with Gasteiger partial charge >= 0.3 is 0 Å². The van der Waals surface area contributed by atoms with Crippen molar-refractivity contribution in [3.05, 3.63) is 60.4 Å². The first-order valence-electron chi connectivity index (χ1n) is 5.19. The lowest BCUT2D eigenvalue weighted by molar-refractivity contribution is 1.14. The molecule has 2 aromatic carbocycles. The van der Waals surface area contributed by atoms with Gasteiger partial charge in [-0.15, -0.1) is 0 Å². The highest BCUT2D eigenvalue weighted by molar-refractivity contribution is 9.11. The molecule has 5 heteroatoms. The van der Waals surface area contributed by atoms with Crippen LogP contribution in [0.15, 0.2) is 49.8 Å². The van der Waals surface area contributed by atoms with Crippen molar-refractivity contribution in [3.8, 4) is 0 Å². The molecule has 0 spiro atoms. The van der Waals surface area contributed by atoms with Crippen LogP contribution in [0, 0.1) is 0 Å². The van der Waals surface area contributed by atoms with Crippen molar-refractivity contribution >= 4 is 65.1 Å². The first kappa shape index (κ1) is 14.4. The normalized spacial score (nSPS) is 10.4. The van der Waals surface area contributed by atoms with Crippen LogP contribution in [-0.4, -0.2) is 0 Å². The van der Waals surface area contributed by atoms with Crippen molar-refractivity contribution < 1.29 is 0 Å². The van der Waals surface area contributed by atoms with E-state index in [9.17, 15) is 0 Å². The van der Waals surface area contributed by atoms with Gasteiger partial charge in [0.25, 0.3) is 0 Å². The fourth-order valence-corrected chi connectivity index (χ4v) is 3.21. The van der Waals surface area contributed by atoms with Crippen molar-refractivity contribution in [1.29, 1.82) is 0 Å². The topological polar surface area (TPSA) is 12.0 Å². The Hall–Kier alpha value is -0.0300. The smallest absolute Gasteiger partial charge is 0.0548 e. The van der Waals surface area contributed by atoms with E-state index in [1.807, 2.05) is 36.4 Å². The Morgan fingerprint density at radius 2 is 1.72 bits per heavy atom.